The van der Waals surface area contributed by atoms with Crippen molar-refractivity contribution in [3.8, 4) is 17.1 Å². The van der Waals surface area contributed by atoms with Gasteiger partial charge in [-0.05, 0) is 24.3 Å². The van der Waals surface area contributed by atoms with Gasteiger partial charge in [0.25, 0.3) is 0 Å². The molecule has 3 rings (SSSR count). The van der Waals surface area contributed by atoms with Gasteiger partial charge in [0.05, 0.1) is 5.02 Å². The van der Waals surface area contributed by atoms with Gasteiger partial charge in [-0.1, -0.05) is 29.8 Å². The number of halogens is 1. The quantitative estimate of drug-likeness (QED) is 0.541. The molecule has 0 saturated carbocycles. The summed E-state index contributed by atoms with van der Waals surface area (Å²) in [6.45, 7) is 0. The normalized spacial score (nSPS) is 10.0. The number of nitro groups is 1. The molecule has 0 aliphatic carbocycles. The minimum atomic E-state index is -0.500. The molecular formula is C16H12ClNO5. The van der Waals surface area contributed by atoms with Crippen LogP contribution in [0.15, 0.2) is 57.7 Å². The van der Waals surface area contributed by atoms with Crippen LogP contribution in [0.1, 0.15) is 0 Å². The molecule has 1 aromatic heterocycles. The summed E-state index contributed by atoms with van der Waals surface area (Å²) in [5.74, 6) is 0.297. The predicted molar refractivity (Wildman–Crippen MR) is 87.5 cm³/mol. The largest absolute Gasteiger partial charge is 0.507 e. The Hall–Kier alpha value is -2.86. The molecule has 0 fully saturated rings. The molecule has 0 saturated heterocycles. The molecule has 6 nitrogen and oxygen atoms in total. The molecule has 0 radical (unpaired) electrons. The summed E-state index contributed by atoms with van der Waals surface area (Å²) in [6.07, 6.45) is 0. The Balaban J connectivity index is 0.000000433. The number of nitrogens with zero attached hydrogens (tertiary/aromatic N) is 1. The van der Waals surface area contributed by atoms with E-state index in [-0.39, 0.29) is 16.6 Å². The number of hydrogen-bond acceptors (Lipinski definition) is 5. The lowest BCUT2D eigenvalue weighted by Crippen LogP contribution is -2.00. The van der Waals surface area contributed by atoms with E-state index in [1.54, 1.807) is 30.3 Å². The molecule has 0 atom stereocenters. The van der Waals surface area contributed by atoms with Gasteiger partial charge in [-0.15, -0.1) is 0 Å². The van der Waals surface area contributed by atoms with Crippen molar-refractivity contribution in [2.75, 3.05) is 7.05 Å². The Morgan fingerprint density at radius 2 is 1.83 bits per heavy atom. The summed E-state index contributed by atoms with van der Waals surface area (Å²) >= 11 is 6.08. The molecule has 2 aromatic carbocycles. The SMILES string of the molecule is C[N+](=O)[O-].O=c1cc(-c2ccccc2Cl)oc2cccc(O)c12. The van der Waals surface area contributed by atoms with Crippen molar-refractivity contribution in [3.63, 3.8) is 0 Å². The zero-order chi connectivity index (χ0) is 17.0. The van der Waals surface area contributed by atoms with Crippen molar-refractivity contribution in [2.24, 2.45) is 0 Å². The summed E-state index contributed by atoms with van der Waals surface area (Å²) < 4.78 is 5.65. The summed E-state index contributed by atoms with van der Waals surface area (Å²) in [7, 11) is 0.889. The van der Waals surface area contributed by atoms with Crippen LogP contribution in [-0.2, 0) is 0 Å². The molecular weight excluding hydrogens is 322 g/mol. The van der Waals surface area contributed by atoms with Crippen LogP contribution in [0.5, 0.6) is 5.75 Å². The molecule has 0 unspecified atom stereocenters. The van der Waals surface area contributed by atoms with E-state index < -0.39 is 4.92 Å². The van der Waals surface area contributed by atoms with E-state index in [0.29, 0.717) is 21.9 Å². The fourth-order valence-electron chi connectivity index (χ4n) is 1.99. The first kappa shape index (κ1) is 16.5. The van der Waals surface area contributed by atoms with E-state index in [2.05, 4.69) is 0 Å². The lowest BCUT2D eigenvalue weighted by Gasteiger charge is -2.05. The molecule has 0 aliphatic heterocycles. The van der Waals surface area contributed by atoms with E-state index in [4.69, 9.17) is 26.1 Å². The highest BCUT2D eigenvalue weighted by Gasteiger charge is 2.11. The van der Waals surface area contributed by atoms with Gasteiger partial charge in [-0.25, -0.2) is 0 Å². The molecule has 0 spiro atoms. The number of aromatic hydroxyl groups is 1. The van der Waals surface area contributed by atoms with Crippen molar-refractivity contribution in [3.05, 3.63) is 73.9 Å². The molecule has 118 valence electrons. The van der Waals surface area contributed by atoms with E-state index >= 15 is 0 Å². The average Bonchev–Trinajstić information content (AvgIpc) is 2.46. The summed E-state index contributed by atoms with van der Waals surface area (Å²) in [5, 5.41) is 19.2. The van der Waals surface area contributed by atoms with Crippen LogP contribution in [0.4, 0.5) is 0 Å². The highest BCUT2D eigenvalue weighted by Crippen LogP contribution is 2.30. The highest BCUT2D eigenvalue weighted by atomic mass is 35.5. The second kappa shape index (κ2) is 6.93. The van der Waals surface area contributed by atoms with Gasteiger partial charge in [-0.3, -0.25) is 14.9 Å². The maximum Gasteiger partial charge on any atom is 0.197 e. The van der Waals surface area contributed by atoms with Crippen LogP contribution >= 0.6 is 11.6 Å². The number of fused-ring (bicyclic) bond motifs is 1. The molecule has 1 N–H and O–H groups in total. The molecule has 23 heavy (non-hydrogen) atoms. The zero-order valence-corrected chi connectivity index (χ0v) is 12.8. The molecule has 0 amide bonds. The number of phenolic OH excluding ortho intramolecular Hbond substituents is 1. The molecule has 1 heterocycles. The highest BCUT2D eigenvalue weighted by molar-refractivity contribution is 6.33. The number of benzene rings is 2. The predicted octanol–water partition coefficient (Wildman–Crippen LogP) is 3.71. The lowest BCUT2D eigenvalue weighted by atomic mass is 10.1. The van der Waals surface area contributed by atoms with E-state index in [1.807, 2.05) is 6.07 Å². The van der Waals surface area contributed by atoms with Crippen LogP contribution < -0.4 is 5.43 Å². The average molecular weight is 334 g/mol. The van der Waals surface area contributed by atoms with Gasteiger partial charge >= 0.3 is 0 Å². The molecule has 0 aliphatic rings. The Morgan fingerprint density at radius 3 is 2.48 bits per heavy atom. The molecule has 0 bridgehead atoms. The van der Waals surface area contributed by atoms with Crippen LogP contribution in [0.25, 0.3) is 22.3 Å². The fraction of sp³-hybridized carbons (Fsp3) is 0.0625. The van der Waals surface area contributed by atoms with Gasteiger partial charge in [0.1, 0.15) is 22.5 Å². The van der Waals surface area contributed by atoms with Gasteiger partial charge in [0.2, 0.25) is 0 Å². The Bertz CT molecular complexity index is 916. The monoisotopic (exact) mass is 333 g/mol. The first-order valence-corrected chi connectivity index (χ1v) is 6.86. The number of rotatable bonds is 1. The molecule has 7 heteroatoms. The van der Waals surface area contributed by atoms with E-state index in [1.165, 1.54) is 12.1 Å². The summed E-state index contributed by atoms with van der Waals surface area (Å²) in [5.41, 5.74) is 0.684. The third-order valence-corrected chi connectivity index (χ3v) is 3.20. The standard InChI is InChI=1S/C15H9ClO3.CH3NO2/c16-10-5-2-1-4-9(10)14-8-12(18)15-11(17)6-3-7-13(15)19-14;1-2(3)4/h1-8,17H;1H3. The first-order chi connectivity index (χ1) is 10.9. The van der Waals surface area contributed by atoms with Crippen LogP contribution in [0.3, 0.4) is 0 Å². The minimum Gasteiger partial charge on any atom is -0.507 e. The van der Waals surface area contributed by atoms with Gasteiger partial charge in [0, 0.05) is 16.6 Å². The second-order valence-electron chi connectivity index (χ2n) is 4.54. The fourth-order valence-corrected chi connectivity index (χ4v) is 2.21. The molecule has 3 aromatic rings. The maximum atomic E-state index is 12.0. The van der Waals surface area contributed by atoms with Crippen molar-refractivity contribution >= 4 is 22.6 Å². The van der Waals surface area contributed by atoms with Crippen molar-refractivity contribution in [1.29, 1.82) is 0 Å². The van der Waals surface area contributed by atoms with Gasteiger partial charge in [0.15, 0.2) is 12.5 Å². The number of phenols is 1. The van der Waals surface area contributed by atoms with E-state index in [9.17, 15) is 9.90 Å². The Morgan fingerprint density at radius 1 is 1.17 bits per heavy atom. The minimum absolute atomic E-state index is 0.0861. The summed E-state index contributed by atoms with van der Waals surface area (Å²) in [4.78, 5) is 20.3. The Labute approximate surface area is 135 Å². The lowest BCUT2D eigenvalue weighted by molar-refractivity contribution is -0.445. The van der Waals surface area contributed by atoms with E-state index in [0.717, 1.165) is 7.05 Å². The van der Waals surface area contributed by atoms with Crippen LogP contribution in [0.2, 0.25) is 5.02 Å². The third kappa shape index (κ3) is 3.87. The van der Waals surface area contributed by atoms with Gasteiger partial charge < -0.3 is 9.52 Å². The van der Waals surface area contributed by atoms with Crippen molar-refractivity contribution in [2.45, 2.75) is 0 Å². The third-order valence-electron chi connectivity index (χ3n) is 2.87. The van der Waals surface area contributed by atoms with Crippen LogP contribution in [-0.4, -0.2) is 17.1 Å². The van der Waals surface area contributed by atoms with Crippen LogP contribution in [0, 0.1) is 10.1 Å². The smallest absolute Gasteiger partial charge is 0.197 e. The van der Waals surface area contributed by atoms with Crippen molar-refractivity contribution < 1.29 is 14.4 Å². The number of hydrogen-bond donors (Lipinski definition) is 1. The second-order valence-corrected chi connectivity index (χ2v) is 4.95. The Kier molecular flexibility index (Phi) is 4.98. The topological polar surface area (TPSA) is 93.6 Å². The maximum absolute atomic E-state index is 12.0. The van der Waals surface area contributed by atoms with Crippen molar-refractivity contribution in [1.82, 2.24) is 0 Å². The van der Waals surface area contributed by atoms with Gasteiger partial charge in [-0.2, -0.15) is 0 Å². The summed E-state index contributed by atoms with van der Waals surface area (Å²) in [6, 6.07) is 13.2. The first-order valence-electron chi connectivity index (χ1n) is 6.49. The zero-order valence-electron chi connectivity index (χ0n) is 12.0.